The van der Waals surface area contributed by atoms with E-state index in [4.69, 9.17) is 60.8 Å². The van der Waals surface area contributed by atoms with E-state index in [2.05, 4.69) is 263 Å². The van der Waals surface area contributed by atoms with Gasteiger partial charge in [-0.15, -0.1) is 140 Å². The summed E-state index contributed by atoms with van der Waals surface area (Å²) in [5, 5.41) is 78.3. The first kappa shape index (κ1) is 120. The van der Waals surface area contributed by atoms with Crippen molar-refractivity contribution in [3.05, 3.63) is 307 Å². The van der Waals surface area contributed by atoms with E-state index in [1.807, 2.05) is 18.6 Å². The molecule has 4 aliphatic rings. The monoisotopic (exact) mass is 2580 g/mol. The van der Waals surface area contributed by atoms with E-state index in [1.165, 1.54) is 270 Å². The summed E-state index contributed by atoms with van der Waals surface area (Å²) in [6, 6.07) is 60.1. The standard InChI is InChI=1S/2C27H30N.C25H30N.C23H26N.4C5H10O2.4Ir/c1-18-13-19(2)15-23(14-18)27-26-17-22(20-7-3-4-8-20)16-25(21-9-5-6-10-21)24(26)11-12-28-27;1-18-13-19(2)15-23(14-18)27-25-16-22(20-7-3-4-8-20)11-12-24(25)26(17-28-27)21-9-5-6-10-21;1-16(2)9-20-14-21-7-8-26-25(23-12-18(5)11-19(6)13-23)24(21)22(15-20)10-17(3)4;1-14(2)19-12-18-7-8-24-23(22(18)21(13-19)15(3)4)20-10-16(5)9-17(6)11-20;4*1-4(6)3-5(2)7;;;;/h2*11-14,16-17,20-21H,3-10H2,1-2H3;7-8,11-12,14-17H,9-10H2,1-6H3;7-10,12-15H,1-6H3;4*3-4,6-7H,1-2H3;;;;/q4*-1;;;;;;;;. The van der Waals surface area contributed by atoms with E-state index in [-0.39, 0.29) is 103 Å². The fourth-order valence-corrected chi connectivity index (χ4v) is 19.9. The fourth-order valence-electron chi connectivity index (χ4n) is 19.9. The Bertz CT molecular complexity index is 5750. The summed E-state index contributed by atoms with van der Waals surface area (Å²) < 4.78 is 0. The Morgan fingerprint density at radius 2 is 0.674 bits per heavy atom. The molecule has 0 saturated heterocycles. The molecular weight excluding hydrogens is 2420 g/mol. The molecule has 4 aliphatic carbocycles. The molecule has 4 radical (unpaired) electrons. The number of aryl methyl sites for hydroxylation is 8. The average Bonchev–Trinajstić information content (AvgIpc) is 1.36. The van der Waals surface area contributed by atoms with E-state index < -0.39 is 24.4 Å². The largest absolute Gasteiger partial charge is 0.513 e. The Balaban J connectivity index is 0.000000294. The maximum absolute atomic E-state index is 8.49. The molecule has 8 aromatic carbocycles. The normalized spacial score (nSPS) is 15.1. The van der Waals surface area contributed by atoms with Gasteiger partial charge in [-0.25, -0.2) is 0 Å². The van der Waals surface area contributed by atoms with Gasteiger partial charge in [-0.05, 0) is 320 Å². The predicted molar refractivity (Wildman–Crippen MR) is 564 cm³/mol. The smallest absolute Gasteiger partial charge is 0.0877 e. The summed E-state index contributed by atoms with van der Waals surface area (Å²) in [6.07, 6.45) is 35.2. The number of allylic oxidation sites excluding steroid dienone is 4. The third-order valence-corrected chi connectivity index (χ3v) is 25.1. The molecule has 0 spiro atoms. The van der Waals surface area contributed by atoms with E-state index in [0.29, 0.717) is 29.6 Å². The minimum atomic E-state index is -0.537. The number of fused-ring (bicyclic) bond motifs is 4. The third kappa shape index (κ3) is 37.1. The van der Waals surface area contributed by atoms with E-state index >= 15 is 0 Å². The molecule has 0 bridgehead atoms. The molecule has 12 nitrogen and oxygen atoms in total. The molecule has 4 unspecified atom stereocenters. The van der Waals surface area contributed by atoms with Crippen LogP contribution < -0.4 is 0 Å². The molecule has 138 heavy (non-hydrogen) atoms. The van der Waals surface area contributed by atoms with Crippen molar-refractivity contribution in [1.82, 2.24) is 19.9 Å². The third-order valence-electron chi connectivity index (χ3n) is 25.1. The number of hydrogen-bond acceptors (Lipinski definition) is 12. The Morgan fingerprint density at radius 3 is 1.04 bits per heavy atom. The average molecular weight is 2580 g/mol. The molecule has 16 heteroatoms. The van der Waals surface area contributed by atoms with Crippen LogP contribution in [0, 0.1) is 91.5 Å². The van der Waals surface area contributed by atoms with Crippen molar-refractivity contribution in [2.24, 2.45) is 11.8 Å². The van der Waals surface area contributed by atoms with Crippen molar-refractivity contribution in [3.63, 3.8) is 0 Å². The quantitative estimate of drug-likeness (QED) is 0.0298. The second-order valence-electron chi connectivity index (χ2n) is 40.3. The van der Waals surface area contributed by atoms with Gasteiger partial charge in [0.25, 0.3) is 0 Å². The van der Waals surface area contributed by atoms with Crippen LogP contribution in [0.2, 0.25) is 0 Å². The van der Waals surface area contributed by atoms with Gasteiger partial charge in [0.1, 0.15) is 0 Å². The molecule has 8 N–H and O–H groups in total. The van der Waals surface area contributed by atoms with Crippen molar-refractivity contribution >= 4 is 43.1 Å². The molecule has 12 aromatic rings. The maximum atomic E-state index is 8.49. The molecule has 4 aromatic heterocycles. The summed E-state index contributed by atoms with van der Waals surface area (Å²) in [7, 11) is 0. The predicted octanol–water partition coefficient (Wildman–Crippen LogP) is 31.9. The van der Waals surface area contributed by atoms with E-state index in [1.54, 1.807) is 38.8 Å². The van der Waals surface area contributed by atoms with Crippen LogP contribution in [0.25, 0.3) is 88.1 Å². The van der Waals surface area contributed by atoms with Crippen LogP contribution in [0.1, 0.15) is 338 Å². The van der Waals surface area contributed by atoms with E-state index in [0.717, 1.165) is 81.2 Å². The zero-order valence-corrected chi connectivity index (χ0v) is 96.1. The van der Waals surface area contributed by atoms with Crippen molar-refractivity contribution in [2.45, 2.75) is 342 Å². The van der Waals surface area contributed by atoms with Crippen LogP contribution >= 0.6 is 0 Å². The van der Waals surface area contributed by atoms with Gasteiger partial charge >= 0.3 is 0 Å². The zero-order valence-electron chi connectivity index (χ0n) is 86.5. The van der Waals surface area contributed by atoms with Gasteiger partial charge < -0.3 is 60.8 Å². The molecule has 4 saturated carbocycles. The first-order valence-electron chi connectivity index (χ1n) is 49.5. The minimum absolute atomic E-state index is 0. The van der Waals surface area contributed by atoms with Gasteiger partial charge in [-0.1, -0.05) is 217 Å². The second kappa shape index (κ2) is 58.5. The van der Waals surface area contributed by atoms with Gasteiger partial charge in [0, 0.05) is 105 Å². The Labute approximate surface area is 882 Å². The molecule has 0 aliphatic heterocycles. The van der Waals surface area contributed by atoms with Crippen molar-refractivity contribution in [3.8, 4) is 45.0 Å². The number of aliphatic hydroxyl groups excluding tert-OH is 8. The summed E-state index contributed by atoms with van der Waals surface area (Å²) in [5.41, 5.74) is 30.4. The fraction of sp³-hybridized carbons (Fsp3) is 0.443. The first-order chi connectivity index (χ1) is 63.6. The van der Waals surface area contributed by atoms with Crippen LogP contribution in [0.4, 0.5) is 0 Å². The molecule has 0 amide bonds. The van der Waals surface area contributed by atoms with Crippen molar-refractivity contribution in [2.75, 3.05) is 0 Å². The van der Waals surface area contributed by atoms with Crippen molar-refractivity contribution < 1.29 is 121 Å². The number of aliphatic hydroxyl groups is 8. The number of aromatic nitrogens is 4. The first-order valence-corrected chi connectivity index (χ1v) is 49.5. The molecule has 4 heterocycles. The molecule has 16 rings (SSSR count). The zero-order chi connectivity index (χ0) is 97.9. The van der Waals surface area contributed by atoms with Gasteiger partial charge in [0.2, 0.25) is 0 Å². The van der Waals surface area contributed by atoms with Crippen LogP contribution in [0.3, 0.4) is 0 Å². The molecule has 4 fully saturated rings. The second-order valence-corrected chi connectivity index (χ2v) is 40.3. The summed E-state index contributed by atoms with van der Waals surface area (Å²) in [5.74, 6) is 5.78. The summed E-state index contributed by atoms with van der Waals surface area (Å²) in [6.45, 7) is 47.7. The Kier molecular flexibility index (Phi) is 51.1. The van der Waals surface area contributed by atoms with Gasteiger partial charge in [0.05, 0.1) is 47.5 Å². The Hall–Kier alpha value is -8.00. The van der Waals surface area contributed by atoms with Crippen molar-refractivity contribution in [1.29, 1.82) is 0 Å². The molecular formula is C122H156Ir4N4O8-4. The van der Waals surface area contributed by atoms with Gasteiger partial charge in [-0.3, -0.25) is 0 Å². The van der Waals surface area contributed by atoms with Crippen LogP contribution in [0.15, 0.2) is 193 Å². The van der Waals surface area contributed by atoms with Gasteiger partial charge in [0.15, 0.2) is 0 Å². The number of benzene rings is 8. The van der Waals surface area contributed by atoms with Gasteiger partial charge in [-0.2, -0.15) is 0 Å². The number of pyridine rings is 4. The topological polar surface area (TPSA) is 213 Å². The number of hydrogen-bond donors (Lipinski definition) is 8. The molecule has 4 atom stereocenters. The van der Waals surface area contributed by atoms with Crippen LogP contribution in [-0.2, 0) is 93.3 Å². The van der Waals surface area contributed by atoms with E-state index in [9.17, 15) is 0 Å². The minimum Gasteiger partial charge on any atom is -0.513 e. The molecule has 752 valence electrons. The van der Waals surface area contributed by atoms with Crippen LogP contribution in [-0.4, -0.2) is 85.2 Å². The summed E-state index contributed by atoms with van der Waals surface area (Å²) in [4.78, 5) is 19.4. The number of nitrogens with zero attached hydrogens (tertiary/aromatic N) is 4. The summed E-state index contributed by atoms with van der Waals surface area (Å²) >= 11 is 0. The van der Waals surface area contributed by atoms with Crippen LogP contribution in [0.5, 0.6) is 0 Å². The Morgan fingerprint density at radius 1 is 0.333 bits per heavy atom. The SMILES string of the molecule is CC(O)=CC(C)O.CC(O)=CC(C)O.CC(O)=CC(C)O.CC(O)=CC(C)O.Cc1[c-]c(-c2ncc(C3CCCC3)c3ccc(C4CCCC4)cc23)cc(C)c1.Cc1[c-]c(-c2nccc3c(C4CCCC4)cc(C4CCCC4)cc23)cc(C)c1.Cc1[c-]c(-c2nccc3cc(C(C)C)cc(C(C)C)c23)cc(C)c1.Cc1[c-]c(-c2nccc3cc(CC(C)C)cc(CC(C)C)c23)cc(C)c1.[Ir].[Ir].[Ir].[Ir]. The number of rotatable bonds is 18. The maximum Gasteiger partial charge on any atom is 0.0877 e.